The molecular formula is C21H21FN4O2. The molecule has 0 aliphatic rings. The van der Waals surface area contributed by atoms with Gasteiger partial charge in [-0.3, -0.25) is 14.2 Å². The third-order valence-corrected chi connectivity index (χ3v) is 4.35. The topological polar surface area (TPSA) is 76.0 Å². The minimum absolute atomic E-state index is 0.0595. The number of rotatable bonds is 5. The summed E-state index contributed by atoms with van der Waals surface area (Å²) in [6.45, 7) is 5.40. The summed E-state index contributed by atoms with van der Waals surface area (Å²) in [5.74, 6) is -0.823. The number of anilines is 3. The van der Waals surface area contributed by atoms with Gasteiger partial charge in [-0.1, -0.05) is 18.2 Å². The van der Waals surface area contributed by atoms with E-state index in [0.717, 1.165) is 16.8 Å². The Kier molecular flexibility index (Phi) is 5.54. The average Bonchev–Trinajstić information content (AvgIpc) is 2.63. The van der Waals surface area contributed by atoms with E-state index in [2.05, 4.69) is 15.6 Å². The number of halogens is 1. The van der Waals surface area contributed by atoms with E-state index in [4.69, 9.17) is 0 Å². The van der Waals surface area contributed by atoms with Crippen LogP contribution in [0.4, 0.5) is 21.7 Å². The number of para-hydroxylation sites is 1. The summed E-state index contributed by atoms with van der Waals surface area (Å²) >= 11 is 0. The van der Waals surface area contributed by atoms with Crippen molar-refractivity contribution in [1.29, 1.82) is 0 Å². The van der Waals surface area contributed by atoms with Crippen LogP contribution in [0.3, 0.4) is 0 Å². The van der Waals surface area contributed by atoms with Crippen LogP contribution in [0.1, 0.15) is 16.8 Å². The number of benzene rings is 2. The van der Waals surface area contributed by atoms with E-state index in [1.54, 1.807) is 13.0 Å². The maximum atomic E-state index is 13.8. The first-order valence-electron chi connectivity index (χ1n) is 8.80. The quantitative estimate of drug-likeness (QED) is 0.708. The zero-order chi connectivity index (χ0) is 20.3. The standard InChI is InChI=1S/C21H21FN4O2/c1-13-8-9-16(10-14(13)2)24-21-23-15(3)11-20(28)26(21)12-19(27)25-18-7-5-4-6-17(18)22/h4-11H,12H2,1-3H3,(H,23,24)(H,25,27). The minimum Gasteiger partial charge on any atom is -0.326 e. The predicted molar refractivity (Wildman–Crippen MR) is 107 cm³/mol. The van der Waals surface area contributed by atoms with Crippen LogP contribution in [0, 0.1) is 26.6 Å². The molecular weight excluding hydrogens is 359 g/mol. The molecule has 28 heavy (non-hydrogen) atoms. The van der Waals surface area contributed by atoms with Gasteiger partial charge in [-0.2, -0.15) is 0 Å². The van der Waals surface area contributed by atoms with Crippen LogP contribution in [-0.4, -0.2) is 15.5 Å². The van der Waals surface area contributed by atoms with E-state index in [1.165, 1.54) is 28.8 Å². The number of nitrogens with one attached hydrogen (secondary N) is 2. The number of hydrogen-bond donors (Lipinski definition) is 2. The van der Waals surface area contributed by atoms with Crippen LogP contribution >= 0.6 is 0 Å². The van der Waals surface area contributed by atoms with E-state index < -0.39 is 11.7 Å². The SMILES string of the molecule is Cc1cc(=O)n(CC(=O)Nc2ccccc2F)c(Nc2ccc(C)c(C)c2)n1. The van der Waals surface area contributed by atoms with E-state index in [-0.39, 0.29) is 23.7 Å². The summed E-state index contributed by atoms with van der Waals surface area (Å²) in [5, 5.41) is 5.58. The Morgan fingerprint density at radius 2 is 1.82 bits per heavy atom. The van der Waals surface area contributed by atoms with Gasteiger partial charge in [-0.15, -0.1) is 0 Å². The lowest BCUT2D eigenvalue weighted by atomic mass is 10.1. The lowest BCUT2D eigenvalue weighted by Gasteiger charge is -2.15. The molecule has 0 fully saturated rings. The Morgan fingerprint density at radius 3 is 2.54 bits per heavy atom. The predicted octanol–water partition coefficient (Wildman–Crippen LogP) is 3.69. The van der Waals surface area contributed by atoms with Crippen molar-refractivity contribution in [2.45, 2.75) is 27.3 Å². The highest BCUT2D eigenvalue weighted by atomic mass is 19.1. The van der Waals surface area contributed by atoms with Crippen molar-refractivity contribution < 1.29 is 9.18 Å². The van der Waals surface area contributed by atoms with Gasteiger partial charge in [0.15, 0.2) is 0 Å². The van der Waals surface area contributed by atoms with Crippen molar-refractivity contribution in [3.8, 4) is 0 Å². The van der Waals surface area contributed by atoms with Crippen molar-refractivity contribution in [1.82, 2.24) is 9.55 Å². The van der Waals surface area contributed by atoms with E-state index in [9.17, 15) is 14.0 Å². The molecule has 0 aliphatic heterocycles. The summed E-state index contributed by atoms with van der Waals surface area (Å²) in [4.78, 5) is 29.2. The molecule has 0 atom stereocenters. The minimum atomic E-state index is -0.543. The lowest BCUT2D eigenvalue weighted by Crippen LogP contribution is -2.30. The summed E-state index contributed by atoms with van der Waals surface area (Å²) in [5.41, 5.74) is 3.20. The maximum Gasteiger partial charge on any atom is 0.255 e. The number of nitrogens with zero attached hydrogens (tertiary/aromatic N) is 2. The van der Waals surface area contributed by atoms with Crippen LogP contribution in [0.5, 0.6) is 0 Å². The van der Waals surface area contributed by atoms with Gasteiger partial charge >= 0.3 is 0 Å². The van der Waals surface area contributed by atoms with Crippen LogP contribution in [0.25, 0.3) is 0 Å². The van der Waals surface area contributed by atoms with Crippen molar-refractivity contribution in [2.75, 3.05) is 10.6 Å². The van der Waals surface area contributed by atoms with Crippen LogP contribution in [0.15, 0.2) is 53.3 Å². The second kappa shape index (κ2) is 8.04. The average molecular weight is 380 g/mol. The highest BCUT2D eigenvalue weighted by molar-refractivity contribution is 5.90. The molecule has 0 unspecified atom stereocenters. The molecule has 0 spiro atoms. The molecule has 0 aliphatic carbocycles. The van der Waals surface area contributed by atoms with Crippen molar-refractivity contribution >= 4 is 23.2 Å². The van der Waals surface area contributed by atoms with Gasteiger partial charge in [0, 0.05) is 17.4 Å². The molecule has 1 heterocycles. The molecule has 6 nitrogen and oxygen atoms in total. The molecule has 2 N–H and O–H groups in total. The first kappa shape index (κ1) is 19.3. The van der Waals surface area contributed by atoms with Gasteiger partial charge in [0.25, 0.3) is 5.56 Å². The maximum absolute atomic E-state index is 13.8. The van der Waals surface area contributed by atoms with Crippen molar-refractivity contribution in [3.63, 3.8) is 0 Å². The van der Waals surface area contributed by atoms with E-state index >= 15 is 0 Å². The molecule has 7 heteroatoms. The summed E-state index contributed by atoms with van der Waals surface area (Å²) in [7, 11) is 0. The fourth-order valence-electron chi connectivity index (χ4n) is 2.71. The third kappa shape index (κ3) is 4.43. The molecule has 0 saturated carbocycles. The normalized spacial score (nSPS) is 10.6. The molecule has 1 amide bonds. The molecule has 3 rings (SSSR count). The molecule has 0 saturated heterocycles. The van der Waals surface area contributed by atoms with Gasteiger partial charge in [-0.05, 0) is 56.2 Å². The van der Waals surface area contributed by atoms with E-state index in [0.29, 0.717) is 5.69 Å². The molecule has 3 aromatic rings. The molecule has 144 valence electrons. The van der Waals surface area contributed by atoms with Gasteiger partial charge < -0.3 is 10.6 Å². The van der Waals surface area contributed by atoms with Crippen LogP contribution < -0.4 is 16.2 Å². The Morgan fingerprint density at radius 1 is 1.07 bits per heavy atom. The first-order chi connectivity index (χ1) is 13.3. The van der Waals surface area contributed by atoms with Gasteiger partial charge in [0.2, 0.25) is 11.9 Å². The number of hydrogen-bond acceptors (Lipinski definition) is 4. The van der Waals surface area contributed by atoms with Gasteiger partial charge in [0.1, 0.15) is 12.4 Å². The molecule has 0 bridgehead atoms. The number of carbonyl (C=O) groups is 1. The molecule has 2 aromatic carbocycles. The fourth-order valence-corrected chi connectivity index (χ4v) is 2.71. The largest absolute Gasteiger partial charge is 0.326 e. The molecule has 0 radical (unpaired) electrons. The summed E-state index contributed by atoms with van der Waals surface area (Å²) in [6, 6.07) is 13.0. The summed E-state index contributed by atoms with van der Waals surface area (Å²) < 4.78 is 15.0. The van der Waals surface area contributed by atoms with Gasteiger partial charge in [0.05, 0.1) is 5.69 Å². The van der Waals surface area contributed by atoms with E-state index in [1.807, 2.05) is 32.0 Å². The van der Waals surface area contributed by atoms with Gasteiger partial charge in [-0.25, -0.2) is 9.37 Å². The Hall–Kier alpha value is -3.48. The van der Waals surface area contributed by atoms with Crippen LogP contribution in [0.2, 0.25) is 0 Å². The second-order valence-electron chi connectivity index (χ2n) is 6.60. The zero-order valence-corrected chi connectivity index (χ0v) is 15.9. The Balaban J connectivity index is 1.88. The Labute approximate surface area is 162 Å². The third-order valence-electron chi connectivity index (χ3n) is 4.35. The second-order valence-corrected chi connectivity index (χ2v) is 6.60. The number of aryl methyl sites for hydroxylation is 3. The van der Waals surface area contributed by atoms with Crippen molar-refractivity contribution in [2.24, 2.45) is 0 Å². The highest BCUT2D eigenvalue weighted by Gasteiger charge is 2.13. The van der Waals surface area contributed by atoms with Crippen molar-refractivity contribution in [3.05, 3.63) is 81.5 Å². The Bertz CT molecular complexity index is 1090. The van der Waals surface area contributed by atoms with Crippen LogP contribution in [-0.2, 0) is 11.3 Å². The molecule has 1 aromatic heterocycles. The lowest BCUT2D eigenvalue weighted by molar-refractivity contribution is -0.116. The first-order valence-corrected chi connectivity index (χ1v) is 8.80. The number of aromatic nitrogens is 2. The zero-order valence-electron chi connectivity index (χ0n) is 15.9. The number of carbonyl (C=O) groups excluding carboxylic acids is 1. The number of amides is 1. The monoisotopic (exact) mass is 380 g/mol. The summed E-state index contributed by atoms with van der Waals surface area (Å²) in [6.07, 6.45) is 0. The smallest absolute Gasteiger partial charge is 0.255 e. The highest BCUT2D eigenvalue weighted by Crippen LogP contribution is 2.18. The fraction of sp³-hybridized carbons (Fsp3) is 0.190.